The molecule has 126 valence electrons. The molecule has 0 aliphatic carbocycles. The van der Waals surface area contributed by atoms with Crippen molar-refractivity contribution >= 4 is 11.6 Å². The second-order valence-corrected chi connectivity index (χ2v) is 5.59. The fourth-order valence-electron chi connectivity index (χ4n) is 2.77. The molecule has 0 fully saturated rings. The molecule has 0 saturated carbocycles. The largest absolute Gasteiger partial charge is 0.360 e. The van der Waals surface area contributed by atoms with Crippen LogP contribution >= 0.6 is 0 Å². The first-order valence-corrected chi connectivity index (χ1v) is 7.96. The van der Waals surface area contributed by atoms with E-state index in [1.54, 1.807) is 67.6 Å². The van der Waals surface area contributed by atoms with Crippen molar-refractivity contribution in [1.29, 1.82) is 0 Å². The summed E-state index contributed by atoms with van der Waals surface area (Å²) >= 11 is 0. The molecule has 2 rings (SSSR count). The van der Waals surface area contributed by atoms with Gasteiger partial charge >= 0.3 is 0 Å². The van der Waals surface area contributed by atoms with Crippen LogP contribution in [0.25, 0.3) is 0 Å². The van der Waals surface area contributed by atoms with Crippen LogP contribution in [0.3, 0.4) is 0 Å². The molecule has 2 aromatic carbocycles. The van der Waals surface area contributed by atoms with Crippen molar-refractivity contribution in [3.8, 4) is 0 Å². The summed E-state index contributed by atoms with van der Waals surface area (Å²) in [6.45, 7) is 1.80. The Balaban J connectivity index is 2.56. The number of rotatable bonds is 8. The van der Waals surface area contributed by atoms with Crippen LogP contribution < -0.4 is 0 Å². The summed E-state index contributed by atoms with van der Waals surface area (Å²) in [5.41, 5.74) is -1.66. The Morgan fingerprint density at radius 1 is 0.958 bits per heavy atom. The summed E-state index contributed by atoms with van der Waals surface area (Å²) in [6, 6.07) is 16.5. The monoisotopic (exact) mass is 328 g/mol. The fraction of sp³-hybridized carbons (Fsp3) is 0.300. The van der Waals surface area contributed by atoms with Gasteiger partial charge in [0, 0.05) is 18.2 Å². The summed E-state index contributed by atoms with van der Waals surface area (Å²) in [5, 5.41) is 0. The third-order valence-corrected chi connectivity index (χ3v) is 4.05. The van der Waals surface area contributed by atoms with E-state index in [-0.39, 0.29) is 17.5 Å². The molecule has 4 heteroatoms. The smallest absolute Gasteiger partial charge is 0.224 e. The van der Waals surface area contributed by atoms with Crippen LogP contribution in [0.15, 0.2) is 60.7 Å². The number of ether oxygens (including phenoxy) is 1. The van der Waals surface area contributed by atoms with Crippen LogP contribution in [0.5, 0.6) is 0 Å². The topological polar surface area (TPSA) is 43.4 Å². The van der Waals surface area contributed by atoms with E-state index in [4.69, 9.17) is 4.74 Å². The molecule has 0 heterocycles. The molecule has 0 aliphatic rings. The van der Waals surface area contributed by atoms with E-state index in [2.05, 4.69) is 0 Å². The van der Waals surface area contributed by atoms with Gasteiger partial charge in [-0.2, -0.15) is 0 Å². The van der Waals surface area contributed by atoms with E-state index in [0.717, 1.165) is 0 Å². The maximum absolute atomic E-state index is 15.0. The molecule has 0 N–H and O–H groups in total. The number of carbonyl (C=O) groups is 2. The number of benzene rings is 2. The van der Waals surface area contributed by atoms with Gasteiger partial charge in [-0.25, -0.2) is 4.39 Å². The molecule has 1 atom stereocenters. The van der Waals surface area contributed by atoms with Crippen LogP contribution in [0.2, 0.25) is 0 Å². The number of methoxy groups -OCH3 is 1. The summed E-state index contributed by atoms with van der Waals surface area (Å²) in [5.74, 6) is -1.30. The van der Waals surface area contributed by atoms with Crippen molar-refractivity contribution in [2.24, 2.45) is 0 Å². The molecule has 0 radical (unpaired) electrons. The Labute approximate surface area is 141 Å². The highest BCUT2D eigenvalue weighted by molar-refractivity contribution is 6.23. The molecule has 1 unspecified atom stereocenters. The Bertz CT molecular complexity index is 631. The minimum absolute atomic E-state index is 0.0605. The van der Waals surface area contributed by atoms with Crippen molar-refractivity contribution in [1.82, 2.24) is 0 Å². The number of halogens is 1. The van der Waals surface area contributed by atoms with E-state index in [1.165, 1.54) is 7.11 Å². The van der Waals surface area contributed by atoms with Crippen LogP contribution in [0.1, 0.15) is 40.5 Å². The second kappa shape index (κ2) is 7.97. The first-order chi connectivity index (χ1) is 11.6. The maximum Gasteiger partial charge on any atom is 0.224 e. The third kappa shape index (κ3) is 3.29. The fourth-order valence-corrected chi connectivity index (χ4v) is 2.77. The number of alkyl halides is 1. The molecule has 0 bridgehead atoms. The molecule has 2 aromatic rings. The summed E-state index contributed by atoms with van der Waals surface area (Å²) in [6.07, 6.45) is -1.17. The van der Waals surface area contributed by atoms with Crippen molar-refractivity contribution in [2.75, 3.05) is 7.11 Å². The lowest BCUT2D eigenvalue weighted by molar-refractivity contribution is -0.0306. The van der Waals surface area contributed by atoms with E-state index in [9.17, 15) is 9.59 Å². The van der Waals surface area contributed by atoms with Gasteiger partial charge in [0.15, 0.2) is 0 Å². The second-order valence-electron chi connectivity index (χ2n) is 5.59. The Kier molecular flexibility index (Phi) is 5.99. The number of ketones is 2. The quantitative estimate of drug-likeness (QED) is 0.537. The average Bonchev–Trinajstić information content (AvgIpc) is 2.64. The van der Waals surface area contributed by atoms with E-state index in [1.807, 2.05) is 0 Å². The zero-order valence-corrected chi connectivity index (χ0v) is 13.9. The van der Waals surface area contributed by atoms with Gasteiger partial charge < -0.3 is 4.74 Å². The molecule has 0 aliphatic heterocycles. The SMILES string of the molecule is CCCC(F)C(OC)(C(=O)c1ccccc1)C(=O)c1ccccc1. The lowest BCUT2D eigenvalue weighted by Crippen LogP contribution is -2.56. The average molecular weight is 328 g/mol. The van der Waals surface area contributed by atoms with Crippen LogP contribution in [-0.4, -0.2) is 30.4 Å². The van der Waals surface area contributed by atoms with Crippen LogP contribution in [0, 0.1) is 0 Å². The molecule has 0 aromatic heterocycles. The summed E-state index contributed by atoms with van der Waals surface area (Å²) < 4.78 is 20.3. The number of hydrogen-bond donors (Lipinski definition) is 0. The molecule has 0 amide bonds. The molecule has 24 heavy (non-hydrogen) atoms. The maximum atomic E-state index is 15.0. The predicted molar refractivity (Wildman–Crippen MR) is 91.1 cm³/mol. The highest BCUT2D eigenvalue weighted by Crippen LogP contribution is 2.31. The summed E-state index contributed by atoms with van der Waals surface area (Å²) in [7, 11) is 1.21. The van der Waals surface area contributed by atoms with Gasteiger partial charge in [0.1, 0.15) is 6.17 Å². The normalized spacial score (nSPS) is 12.6. The van der Waals surface area contributed by atoms with Crippen LogP contribution in [0.4, 0.5) is 4.39 Å². The van der Waals surface area contributed by atoms with E-state index >= 15 is 4.39 Å². The Morgan fingerprint density at radius 3 is 1.71 bits per heavy atom. The third-order valence-electron chi connectivity index (χ3n) is 4.05. The molecular formula is C20H21FO3. The molecule has 3 nitrogen and oxygen atoms in total. The lowest BCUT2D eigenvalue weighted by atomic mass is 9.80. The van der Waals surface area contributed by atoms with Gasteiger partial charge in [0.25, 0.3) is 0 Å². The molecule has 0 spiro atoms. The highest BCUT2D eigenvalue weighted by Gasteiger charge is 2.53. The van der Waals surface area contributed by atoms with Crippen molar-refractivity contribution in [3.05, 3.63) is 71.8 Å². The van der Waals surface area contributed by atoms with Gasteiger partial charge in [-0.3, -0.25) is 9.59 Å². The lowest BCUT2D eigenvalue weighted by Gasteiger charge is -2.32. The van der Waals surface area contributed by atoms with Crippen molar-refractivity contribution in [3.63, 3.8) is 0 Å². The zero-order valence-electron chi connectivity index (χ0n) is 13.9. The Morgan fingerprint density at radius 2 is 1.38 bits per heavy atom. The standard InChI is InChI=1S/C20H21FO3/c1-3-10-17(21)20(24-2,18(22)15-11-6-4-7-12-15)19(23)16-13-8-5-9-14-16/h4-9,11-14,17H,3,10H2,1-2H3. The molecule has 0 saturated heterocycles. The highest BCUT2D eigenvalue weighted by atomic mass is 19.1. The van der Waals surface area contributed by atoms with Gasteiger partial charge in [-0.05, 0) is 6.42 Å². The number of hydrogen-bond acceptors (Lipinski definition) is 3. The first-order valence-electron chi connectivity index (χ1n) is 7.96. The minimum atomic E-state index is -2.17. The summed E-state index contributed by atoms with van der Waals surface area (Å²) in [4.78, 5) is 26.1. The molecular weight excluding hydrogens is 307 g/mol. The van der Waals surface area contributed by atoms with Gasteiger partial charge in [0.2, 0.25) is 17.2 Å². The number of Topliss-reactive ketones (excluding diaryl/α,β-unsaturated/α-hetero) is 2. The van der Waals surface area contributed by atoms with E-state index < -0.39 is 23.3 Å². The van der Waals surface area contributed by atoms with Crippen LogP contribution in [-0.2, 0) is 4.74 Å². The predicted octanol–water partition coefficient (Wildman–Crippen LogP) is 4.28. The Hall–Kier alpha value is -2.33. The van der Waals surface area contributed by atoms with E-state index in [0.29, 0.717) is 6.42 Å². The first kappa shape index (κ1) is 18.0. The van der Waals surface area contributed by atoms with Gasteiger partial charge in [0.05, 0.1) is 0 Å². The minimum Gasteiger partial charge on any atom is -0.360 e. The van der Waals surface area contributed by atoms with Crippen molar-refractivity contribution < 1.29 is 18.7 Å². The van der Waals surface area contributed by atoms with Gasteiger partial charge in [-0.1, -0.05) is 74.0 Å². The van der Waals surface area contributed by atoms with Gasteiger partial charge in [-0.15, -0.1) is 0 Å². The zero-order chi connectivity index (χ0) is 17.6. The number of carbonyl (C=O) groups excluding carboxylic acids is 2. The van der Waals surface area contributed by atoms with Crippen molar-refractivity contribution in [2.45, 2.75) is 31.5 Å².